The van der Waals surface area contributed by atoms with Gasteiger partial charge in [-0.2, -0.15) is 0 Å². The first-order chi connectivity index (χ1) is 9.61. The van der Waals surface area contributed by atoms with Crippen molar-refractivity contribution in [3.8, 4) is 11.5 Å². The molecule has 0 atom stereocenters. The molecule has 0 saturated carbocycles. The van der Waals surface area contributed by atoms with E-state index in [0.29, 0.717) is 18.7 Å². The summed E-state index contributed by atoms with van der Waals surface area (Å²) < 4.78 is 45.7. The fourth-order valence-corrected chi connectivity index (χ4v) is 1.73. The zero-order valence-electron chi connectivity index (χ0n) is 10.9. The Labute approximate surface area is 115 Å². The highest BCUT2D eigenvalue weighted by Gasteiger charge is 2.13. The average molecular weight is 281 g/mol. The zero-order chi connectivity index (χ0) is 14.5. The fourth-order valence-electron chi connectivity index (χ4n) is 1.73. The number of nitrogens with one attached hydrogen (secondary N) is 1. The highest BCUT2D eigenvalue weighted by molar-refractivity contribution is 5.39. The van der Waals surface area contributed by atoms with Gasteiger partial charge < -0.3 is 10.1 Å². The number of rotatable bonds is 5. The molecule has 1 N–H and O–H groups in total. The summed E-state index contributed by atoms with van der Waals surface area (Å²) in [5.74, 6) is -2.45. The summed E-state index contributed by atoms with van der Waals surface area (Å²) in [5, 5.41) is 3.03. The van der Waals surface area contributed by atoms with Crippen molar-refractivity contribution >= 4 is 0 Å². The molecular weight excluding hydrogens is 267 g/mol. The van der Waals surface area contributed by atoms with E-state index in [9.17, 15) is 13.2 Å². The van der Waals surface area contributed by atoms with E-state index in [1.165, 1.54) is 12.1 Å². The lowest BCUT2D eigenvalue weighted by atomic mass is 10.2. The van der Waals surface area contributed by atoms with Crippen LogP contribution in [0.25, 0.3) is 0 Å². The molecule has 0 aliphatic rings. The van der Waals surface area contributed by atoms with Crippen LogP contribution < -0.4 is 10.1 Å². The lowest BCUT2D eigenvalue weighted by Gasteiger charge is -2.13. The van der Waals surface area contributed by atoms with Gasteiger partial charge in [-0.25, -0.2) is 13.2 Å². The molecule has 0 spiro atoms. The Balaban J connectivity index is 2.34. The van der Waals surface area contributed by atoms with Gasteiger partial charge in [0.15, 0.2) is 23.1 Å². The van der Waals surface area contributed by atoms with Crippen molar-refractivity contribution < 1.29 is 17.9 Å². The van der Waals surface area contributed by atoms with Crippen molar-refractivity contribution in [2.75, 3.05) is 6.54 Å². The van der Waals surface area contributed by atoms with Crippen LogP contribution in [0.1, 0.15) is 12.5 Å². The quantitative estimate of drug-likeness (QED) is 0.894. The van der Waals surface area contributed by atoms with E-state index in [1.54, 1.807) is 6.07 Å². The maximum Gasteiger partial charge on any atom is 0.167 e. The Kier molecular flexibility index (Phi) is 4.63. The van der Waals surface area contributed by atoms with Crippen LogP contribution in [0.4, 0.5) is 13.2 Å². The monoisotopic (exact) mass is 281 g/mol. The van der Waals surface area contributed by atoms with Gasteiger partial charge in [-0.15, -0.1) is 0 Å². The number of halogens is 3. The van der Waals surface area contributed by atoms with Crippen LogP contribution >= 0.6 is 0 Å². The summed E-state index contributed by atoms with van der Waals surface area (Å²) in [6, 6.07) is 7.22. The van der Waals surface area contributed by atoms with Gasteiger partial charge >= 0.3 is 0 Å². The Bertz CT molecular complexity index is 602. The van der Waals surface area contributed by atoms with Crippen molar-refractivity contribution in [2.24, 2.45) is 0 Å². The molecule has 0 saturated heterocycles. The van der Waals surface area contributed by atoms with E-state index in [1.807, 2.05) is 6.92 Å². The van der Waals surface area contributed by atoms with E-state index < -0.39 is 17.5 Å². The summed E-state index contributed by atoms with van der Waals surface area (Å²) in [5.41, 5.74) is 0.538. The van der Waals surface area contributed by atoms with Crippen molar-refractivity contribution in [1.29, 1.82) is 0 Å². The van der Waals surface area contributed by atoms with Gasteiger partial charge in [-0.05, 0) is 24.7 Å². The maximum atomic E-state index is 13.8. The topological polar surface area (TPSA) is 21.3 Å². The van der Waals surface area contributed by atoms with Crippen LogP contribution in [0.3, 0.4) is 0 Å². The largest absolute Gasteiger partial charge is 0.451 e. The second-order valence-electron chi connectivity index (χ2n) is 4.19. The normalized spacial score (nSPS) is 10.6. The lowest BCUT2D eigenvalue weighted by Crippen LogP contribution is -2.13. The van der Waals surface area contributed by atoms with E-state index in [4.69, 9.17) is 4.74 Å². The first-order valence-corrected chi connectivity index (χ1v) is 6.23. The van der Waals surface area contributed by atoms with E-state index in [-0.39, 0.29) is 11.5 Å². The number of hydrogen-bond donors (Lipinski definition) is 1. The van der Waals surface area contributed by atoms with Crippen LogP contribution in [0.2, 0.25) is 0 Å². The Hall–Kier alpha value is -2.01. The van der Waals surface area contributed by atoms with Gasteiger partial charge in [0, 0.05) is 18.2 Å². The highest BCUT2D eigenvalue weighted by atomic mass is 19.1. The van der Waals surface area contributed by atoms with E-state index in [2.05, 4.69) is 5.32 Å². The minimum atomic E-state index is -0.746. The predicted molar refractivity (Wildman–Crippen MR) is 70.2 cm³/mol. The summed E-state index contributed by atoms with van der Waals surface area (Å²) in [7, 11) is 0. The van der Waals surface area contributed by atoms with Crippen LogP contribution in [-0.4, -0.2) is 6.54 Å². The molecule has 2 aromatic rings. The van der Waals surface area contributed by atoms with Gasteiger partial charge in [0.05, 0.1) is 0 Å². The van der Waals surface area contributed by atoms with Crippen LogP contribution in [0.15, 0.2) is 36.4 Å². The average Bonchev–Trinajstić information content (AvgIpc) is 2.43. The van der Waals surface area contributed by atoms with Crippen LogP contribution in [-0.2, 0) is 6.54 Å². The second kappa shape index (κ2) is 6.43. The lowest BCUT2D eigenvalue weighted by molar-refractivity contribution is 0.404. The Morgan fingerprint density at radius 3 is 2.60 bits per heavy atom. The summed E-state index contributed by atoms with van der Waals surface area (Å²) in [6.07, 6.45) is 0. The van der Waals surface area contributed by atoms with Crippen molar-refractivity contribution in [1.82, 2.24) is 5.32 Å². The molecule has 0 aliphatic carbocycles. The number of benzene rings is 2. The minimum absolute atomic E-state index is 0.0991. The molecule has 20 heavy (non-hydrogen) atoms. The fraction of sp³-hybridized carbons (Fsp3) is 0.200. The Morgan fingerprint density at radius 1 is 1.05 bits per heavy atom. The summed E-state index contributed by atoms with van der Waals surface area (Å²) in [4.78, 5) is 0. The number of para-hydroxylation sites is 1. The van der Waals surface area contributed by atoms with Gasteiger partial charge in [0.1, 0.15) is 5.82 Å². The highest BCUT2D eigenvalue weighted by Crippen LogP contribution is 2.30. The molecule has 0 radical (unpaired) electrons. The number of hydrogen-bond acceptors (Lipinski definition) is 2. The molecule has 2 rings (SSSR count). The predicted octanol–water partition coefficient (Wildman–Crippen LogP) is 4.01. The third-order valence-electron chi connectivity index (χ3n) is 2.72. The number of ether oxygens (including phenoxy) is 1. The van der Waals surface area contributed by atoms with Gasteiger partial charge in [0.2, 0.25) is 0 Å². The van der Waals surface area contributed by atoms with E-state index >= 15 is 0 Å². The minimum Gasteiger partial charge on any atom is -0.451 e. The third-order valence-corrected chi connectivity index (χ3v) is 2.72. The SMILES string of the molecule is CCNCc1cccc(F)c1Oc1cc(F)ccc1F. The smallest absolute Gasteiger partial charge is 0.167 e. The molecule has 2 nitrogen and oxygen atoms in total. The van der Waals surface area contributed by atoms with Crippen molar-refractivity contribution in [3.05, 3.63) is 59.4 Å². The molecule has 0 unspecified atom stereocenters. The van der Waals surface area contributed by atoms with Crippen LogP contribution in [0.5, 0.6) is 11.5 Å². The van der Waals surface area contributed by atoms with Crippen molar-refractivity contribution in [2.45, 2.75) is 13.5 Å². The molecular formula is C15H14F3NO. The molecule has 0 fully saturated rings. The molecule has 0 aromatic heterocycles. The molecule has 2 aromatic carbocycles. The van der Waals surface area contributed by atoms with Gasteiger partial charge in [0.25, 0.3) is 0 Å². The molecule has 0 amide bonds. The van der Waals surface area contributed by atoms with Gasteiger partial charge in [-0.3, -0.25) is 0 Å². The second-order valence-corrected chi connectivity index (χ2v) is 4.19. The molecule has 0 bridgehead atoms. The molecule has 5 heteroatoms. The zero-order valence-corrected chi connectivity index (χ0v) is 10.9. The first kappa shape index (κ1) is 14.4. The maximum absolute atomic E-state index is 13.8. The van der Waals surface area contributed by atoms with E-state index in [0.717, 1.165) is 18.2 Å². The summed E-state index contributed by atoms with van der Waals surface area (Å²) in [6.45, 7) is 2.98. The van der Waals surface area contributed by atoms with Crippen LogP contribution in [0, 0.1) is 17.5 Å². The standard InChI is InChI=1S/C15H14F3NO/c1-2-19-9-10-4-3-5-13(18)15(10)20-14-8-11(16)6-7-12(14)17/h3-8,19H,2,9H2,1H3. The first-order valence-electron chi connectivity index (χ1n) is 6.23. The summed E-state index contributed by atoms with van der Waals surface area (Å²) >= 11 is 0. The molecule has 0 aliphatic heterocycles. The van der Waals surface area contributed by atoms with Gasteiger partial charge in [-0.1, -0.05) is 19.1 Å². The molecule has 106 valence electrons. The third kappa shape index (κ3) is 3.30. The van der Waals surface area contributed by atoms with Crippen molar-refractivity contribution in [3.63, 3.8) is 0 Å². The molecule has 0 heterocycles. The Morgan fingerprint density at radius 2 is 1.85 bits per heavy atom.